The topological polar surface area (TPSA) is 99.6 Å². The molecule has 1 saturated carbocycles. The number of nitrogens with one attached hydrogen (secondary N) is 2. The highest BCUT2D eigenvalue weighted by atomic mass is 32.2. The molecule has 0 amide bonds. The Morgan fingerprint density at radius 2 is 2.11 bits per heavy atom. The fourth-order valence-electron chi connectivity index (χ4n) is 3.98. The van der Waals surface area contributed by atoms with Gasteiger partial charge in [-0.3, -0.25) is 4.90 Å². The summed E-state index contributed by atoms with van der Waals surface area (Å²) in [7, 11) is -3.78. The summed E-state index contributed by atoms with van der Waals surface area (Å²) in [4.78, 5) is 6.85. The Morgan fingerprint density at radius 1 is 1.26 bits per heavy atom. The number of hydrogen-bond donors (Lipinski definition) is 2. The highest BCUT2D eigenvalue weighted by Crippen LogP contribution is 2.32. The van der Waals surface area contributed by atoms with E-state index in [2.05, 4.69) is 42.5 Å². The lowest BCUT2D eigenvalue weighted by Crippen LogP contribution is -2.55. The van der Waals surface area contributed by atoms with E-state index in [-0.39, 0.29) is 10.9 Å². The molecule has 1 aliphatic carbocycles. The Bertz CT molecular complexity index is 957. The molecule has 2 heterocycles. The summed E-state index contributed by atoms with van der Waals surface area (Å²) in [6.07, 6.45) is 3.69. The van der Waals surface area contributed by atoms with Gasteiger partial charge in [0.2, 0.25) is 5.96 Å². The molecule has 4 rings (SSSR count). The first kappa shape index (κ1) is 18.6. The number of nitrogens with zero attached hydrogens (tertiary/aromatic N) is 4. The number of sulfonamides is 1. The van der Waals surface area contributed by atoms with Crippen LogP contribution >= 0.6 is 11.7 Å². The van der Waals surface area contributed by atoms with Crippen molar-refractivity contribution >= 4 is 38.7 Å². The van der Waals surface area contributed by atoms with Gasteiger partial charge < -0.3 is 5.32 Å². The average molecular weight is 409 g/mol. The lowest BCUT2D eigenvalue weighted by atomic mass is 9.77. The second-order valence-corrected chi connectivity index (χ2v) is 9.58. The molecule has 8 nitrogen and oxygen atoms in total. The molecule has 27 heavy (non-hydrogen) atoms. The highest BCUT2D eigenvalue weighted by molar-refractivity contribution is 7.90. The molecule has 0 spiro atoms. The van der Waals surface area contributed by atoms with Crippen molar-refractivity contribution in [2.75, 3.05) is 13.3 Å². The third-order valence-corrected chi connectivity index (χ3v) is 7.68. The van der Waals surface area contributed by atoms with Gasteiger partial charge in [0.1, 0.15) is 15.9 Å². The van der Waals surface area contributed by atoms with Gasteiger partial charge in [0, 0.05) is 6.04 Å². The summed E-state index contributed by atoms with van der Waals surface area (Å²) in [6.45, 7) is 5.70. The van der Waals surface area contributed by atoms with E-state index in [9.17, 15) is 8.42 Å². The SMILES string of the molecule is CC1CCCC(N2CN=C(NS(=O)(=O)c3cccc4nsnc34)NC2)C1C. The van der Waals surface area contributed by atoms with Crippen molar-refractivity contribution in [3.63, 3.8) is 0 Å². The van der Waals surface area contributed by atoms with Crippen LogP contribution in [0.25, 0.3) is 11.0 Å². The maximum absolute atomic E-state index is 12.8. The molecule has 0 bridgehead atoms. The molecule has 1 aliphatic heterocycles. The number of fused-ring (bicyclic) bond motifs is 1. The van der Waals surface area contributed by atoms with Gasteiger partial charge in [-0.05, 0) is 30.4 Å². The quantitative estimate of drug-likeness (QED) is 0.806. The zero-order chi connectivity index (χ0) is 19.0. The van der Waals surface area contributed by atoms with Crippen LogP contribution in [-0.4, -0.2) is 47.4 Å². The molecule has 1 aromatic carbocycles. The van der Waals surface area contributed by atoms with Crippen LogP contribution in [0.1, 0.15) is 33.1 Å². The number of aliphatic imine (C=N–C) groups is 1. The van der Waals surface area contributed by atoms with Crippen LogP contribution in [0.3, 0.4) is 0 Å². The van der Waals surface area contributed by atoms with E-state index in [0.29, 0.717) is 42.2 Å². The van der Waals surface area contributed by atoms with Crippen molar-refractivity contribution in [1.29, 1.82) is 0 Å². The number of rotatable bonds is 3. The first-order valence-electron chi connectivity index (χ1n) is 9.22. The monoisotopic (exact) mass is 408 g/mol. The fourth-order valence-corrected chi connectivity index (χ4v) is 5.76. The number of guanidine groups is 1. The molecule has 146 valence electrons. The minimum absolute atomic E-state index is 0.121. The molecule has 1 aromatic heterocycles. The second-order valence-electron chi connectivity index (χ2n) is 7.40. The van der Waals surface area contributed by atoms with Crippen molar-refractivity contribution in [3.8, 4) is 0 Å². The summed E-state index contributed by atoms with van der Waals surface area (Å²) < 4.78 is 36.3. The van der Waals surface area contributed by atoms with Gasteiger partial charge in [0.05, 0.1) is 25.1 Å². The van der Waals surface area contributed by atoms with Crippen LogP contribution in [-0.2, 0) is 10.0 Å². The zero-order valence-corrected chi connectivity index (χ0v) is 17.1. The van der Waals surface area contributed by atoms with Crippen molar-refractivity contribution in [2.45, 2.75) is 44.0 Å². The number of hydrogen-bond acceptors (Lipinski definition) is 8. The average Bonchev–Trinajstić information content (AvgIpc) is 3.13. The van der Waals surface area contributed by atoms with Crippen molar-refractivity contribution in [1.82, 2.24) is 23.7 Å². The van der Waals surface area contributed by atoms with Gasteiger partial charge in [-0.25, -0.2) is 18.1 Å². The van der Waals surface area contributed by atoms with Crippen molar-refractivity contribution < 1.29 is 8.42 Å². The van der Waals surface area contributed by atoms with E-state index in [1.54, 1.807) is 12.1 Å². The van der Waals surface area contributed by atoms with Crippen LogP contribution < -0.4 is 10.0 Å². The van der Waals surface area contributed by atoms with Gasteiger partial charge in [0.25, 0.3) is 10.0 Å². The third kappa shape index (κ3) is 3.65. The summed E-state index contributed by atoms with van der Waals surface area (Å²) in [6, 6.07) is 5.44. The van der Waals surface area contributed by atoms with E-state index in [4.69, 9.17) is 0 Å². The Morgan fingerprint density at radius 3 is 2.89 bits per heavy atom. The van der Waals surface area contributed by atoms with E-state index in [0.717, 1.165) is 11.7 Å². The predicted molar refractivity (Wildman–Crippen MR) is 106 cm³/mol. The highest BCUT2D eigenvalue weighted by Gasteiger charge is 2.33. The molecule has 2 N–H and O–H groups in total. The molecule has 2 aliphatic rings. The van der Waals surface area contributed by atoms with Gasteiger partial charge in [0.15, 0.2) is 0 Å². The lowest BCUT2D eigenvalue weighted by Gasteiger charge is -2.42. The molecular formula is C17H24N6O2S2. The molecule has 0 saturated heterocycles. The summed E-state index contributed by atoms with van der Waals surface area (Å²) in [5, 5.41) is 3.12. The van der Waals surface area contributed by atoms with E-state index in [1.165, 1.54) is 25.3 Å². The van der Waals surface area contributed by atoms with Crippen LogP contribution in [0.5, 0.6) is 0 Å². The van der Waals surface area contributed by atoms with Crippen LogP contribution in [0.2, 0.25) is 0 Å². The summed E-state index contributed by atoms with van der Waals surface area (Å²) in [5.41, 5.74) is 0.964. The fraction of sp³-hybridized carbons (Fsp3) is 0.588. The molecule has 10 heteroatoms. The van der Waals surface area contributed by atoms with E-state index < -0.39 is 10.0 Å². The second kappa shape index (κ2) is 7.33. The maximum atomic E-state index is 12.8. The molecular weight excluding hydrogens is 384 g/mol. The smallest absolute Gasteiger partial charge is 0.266 e. The molecule has 0 radical (unpaired) electrons. The first-order chi connectivity index (χ1) is 13.0. The Labute approximate surface area is 163 Å². The normalized spacial score (nSPS) is 27.2. The number of benzene rings is 1. The Kier molecular flexibility index (Phi) is 5.04. The van der Waals surface area contributed by atoms with Gasteiger partial charge >= 0.3 is 0 Å². The molecule has 3 unspecified atom stereocenters. The van der Waals surface area contributed by atoms with Crippen molar-refractivity contribution in [2.24, 2.45) is 16.8 Å². The van der Waals surface area contributed by atoms with E-state index in [1.807, 2.05) is 0 Å². The Balaban J connectivity index is 1.48. The largest absolute Gasteiger partial charge is 0.343 e. The Hall–Kier alpha value is -1.78. The predicted octanol–water partition coefficient (Wildman–Crippen LogP) is 1.97. The standard InChI is InChI=1S/C17H24N6O2S2/c1-11-5-3-7-14(12(11)2)23-9-18-17(19-10-23)22-27(24,25)15-8-4-6-13-16(15)21-26-20-13/h4,6,8,11-12,14H,3,5,7,9-10H2,1-2H3,(H2,18,19,22). The summed E-state index contributed by atoms with van der Waals surface area (Å²) in [5.74, 6) is 1.60. The minimum atomic E-state index is -3.78. The molecule has 1 fully saturated rings. The third-order valence-electron chi connectivity index (χ3n) is 5.76. The van der Waals surface area contributed by atoms with Gasteiger partial charge in [-0.1, -0.05) is 32.8 Å². The zero-order valence-electron chi connectivity index (χ0n) is 15.4. The molecule has 2 aromatic rings. The molecule has 3 atom stereocenters. The maximum Gasteiger partial charge on any atom is 0.266 e. The lowest BCUT2D eigenvalue weighted by molar-refractivity contribution is 0.0768. The van der Waals surface area contributed by atoms with E-state index >= 15 is 0 Å². The van der Waals surface area contributed by atoms with Crippen molar-refractivity contribution in [3.05, 3.63) is 18.2 Å². The number of aromatic nitrogens is 2. The van der Waals surface area contributed by atoms with Crippen LogP contribution in [0.15, 0.2) is 28.1 Å². The van der Waals surface area contributed by atoms with Crippen LogP contribution in [0.4, 0.5) is 0 Å². The minimum Gasteiger partial charge on any atom is -0.343 e. The van der Waals surface area contributed by atoms with Gasteiger partial charge in [-0.15, -0.1) is 0 Å². The van der Waals surface area contributed by atoms with Crippen LogP contribution in [0, 0.1) is 11.8 Å². The first-order valence-corrected chi connectivity index (χ1v) is 11.4. The van der Waals surface area contributed by atoms with Gasteiger partial charge in [-0.2, -0.15) is 8.75 Å². The summed E-state index contributed by atoms with van der Waals surface area (Å²) >= 11 is 1.00.